The summed E-state index contributed by atoms with van der Waals surface area (Å²) in [5, 5.41) is 3.40. The quantitative estimate of drug-likeness (QED) is 0.909. The molecular weight excluding hydrogens is 282 g/mol. The van der Waals surface area contributed by atoms with Crippen LogP contribution in [0.1, 0.15) is 24.9 Å². The zero-order valence-corrected chi connectivity index (χ0v) is 12.8. The maximum absolute atomic E-state index is 12.0. The first-order chi connectivity index (χ1) is 8.92. The number of hydrogen-bond donors (Lipinski definition) is 1. The molecule has 1 aromatic rings. The highest BCUT2D eigenvalue weighted by atomic mass is 32.2. The molecule has 0 aromatic heterocycles. The van der Waals surface area contributed by atoms with Crippen LogP contribution in [0.2, 0.25) is 0 Å². The fourth-order valence-corrected chi connectivity index (χ4v) is 4.18. The molecule has 4 nitrogen and oxygen atoms in total. The van der Waals surface area contributed by atoms with Crippen LogP contribution < -0.4 is 5.32 Å². The topological polar surface area (TPSA) is 63.2 Å². The van der Waals surface area contributed by atoms with Gasteiger partial charge in [0.1, 0.15) is 0 Å². The molecule has 0 radical (unpaired) electrons. The van der Waals surface area contributed by atoms with Crippen LogP contribution in [0.15, 0.2) is 29.2 Å². The van der Waals surface area contributed by atoms with E-state index >= 15 is 0 Å². The fourth-order valence-electron chi connectivity index (χ4n) is 2.23. The van der Waals surface area contributed by atoms with Crippen LogP contribution in [-0.4, -0.2) is 36.4 Å². The lowest BCUT2D eigenvalue weighted by atomic mass is 10.0. The standard InChI is InChI=1S/C13H19NO3S2/c1-10(18(2)15)9-14-12-7-8-19(16,17)13-6-4-3-5-11(12)13/h3-6,10,12,14H,7-9H2,1-2H3. The summed E-state index contributed by atoms with van der Waals surface area (Å²) in [7, 11) is -4.00. The molecule has 0 fully saturated rings. The Kier molecular flexibility index (Phi) is 4.43. The van der Waals surface area contributed by atoms with Crippen molar-refractivity contribution in [2.24, 2.45) is 0 Å². The maximum Gasteiger partial charge on any atom is 0.178 e. The van der Waals surface area contributed by atoms with Gasteiger partial charge in [-0.25, -0.2) is 8.42 Å². The largest absolute Gasteiger partial charge is 0.309 e. The van der Waals surface area contributed by atoms with Gasteiger partial charge in [-0.1, -0.05) is 18.2 Å². The predicted molar refractivity (Wildman–Crippen MR) is 77.4 cm³/mol. The minimum Gasteiger partial charge on any atom is -0.309 e. The molecule has 19 heavy (non-hydrogen) atoms. The molecule has 1 aliphatic heterocycles. The second-order valence-electron chi connectivity index (χ2n) is 4.92. The van der Waals surface area contributed by atoms with Crippen molar-refractivity contribution in [1.29, 1.82) is 0 Å². The van der Waals surface area contributed by atoms with Crippen LogP contribution in [0, 0.1) is 0 Å². The molecule has 1 heterocycles. The molecule has 3 atom stereocenters. The predicted octanol–water partition coefficient (Wildman–Crippen LogP) is 1.26. The Morgan fingerprint density at radius 2 is 2.11 bits per heavy atom. The zero-order valence-electron chi connectivity index (χ0n) is 11.1. The molecule has 106 valence electrons. The number of fused-ring (bicyclic) bond motifs is 1. The first-order valence-electron chi connectivity index (χ1n) is 6.29. The molecule has 6 heteroatoms. The molecule has 0 amide bonds. The molecular formula is C13H19NO3S2. The van der Waals surface area contributed by atoms with Crippen LogP contribution in [0.25, 0.3) is 0 Å². The summed E-state index contributed by atoms with van der Waals surface area (Å²) in [5.41, 5.74) is 0.836. The van der Waals surface area contributed by atoms with Crippen molar-refractivity contribution in [3.05, 3.63) is 29.8 Å². The Balaban J connectivity index is 2.19. The number of benzene rings is 1. The van der Waals surface area contributed by atoms with Crippen LogP contribution in [0.4, 0.5) is 0 Å². The van der Waals surface area contributed by atoms with E-state index in [1.54, 1.807) is 18.4 Å². The van der Waals surface area contributed by atoms with E-state index in [4.69, 9.17) is 0 Å². The number of rotatable bonds is 4. The lowest BCUT2D eigenvalue weighted by Gasteiger charge is -2.27. The second-order valence-corrected chi connectivity index (χ2v) is 8.79. The van der Waals surface area contributed by atoms with Crippen molar-refractivity contribution < 1.29 is 12.6 Å². The Bertz CT molecular complexity index is 583. The van der Waals surface area contributed by atoms with E-state index in [2.05, 4.69) is 5.32 Å². The van der Waals surface area contributed by atoms with Gasteiger partial charge >= 0.3 is 0 Å². The van der Waals surface area contributed by atoms with Gasteiger partial charge in [0.25, 0.3) is 0 Å². The van der Waals surface area contributed by atoms with Crippen molar-refractivity contribution in [3.63, 3.8) is 0 Å². The average Bonchev–Trinajstić information content (AvgIpc) is 2.37. The molecule has 1 aromatic carbocycles. The third kappa shape index (κ3) is 3.24. The molecule has 2 rings (SSSR count). The smallest absolute Gasteiger partial charge is 0.178 e. The molecule has 0 spiro atoms. The molecule has 1 aliphatic rings. The van der Waals surface area contributed by atoms with Gasteiger partial charge < -0.3 is 5.32 Å². The van der Waals surface area contributed by atoms with Crippen molar-refractivity contribution in [1.82, 2.24) is 5.32 Å². The van der Waals surface area contributed by atoms with Gasteiger partial charge in [0.2, 0.25) is 0 Å². The van der Waals surface area contributed by atoms with Gasteiger partial charge in [-0.05, 0) is 25.0 Å². The zero-order chi connectivity index (χ0) is 14.0. The third-order valence-corrected chi connectivity index (χ3v) is 6.64. The maximum atomic E-state index is 12.0. The van der Waals surface area contributed by atoms with Gasteiger partial charge in [-0.15, -0.1) is 0 Å². The van der Waals surface area contributed by atoms with E-state index in [0.717, 1.165) is 5.56 Å². The lowest BCUT2D eigenvalue weighted by molar-refractivity contribution is 0.492. The summed E-state index contributed by atoms with van der Waals surface area (Å²) in [6.45, 7) is 2.55. The average molecular weight is 301 g/mol. The fraction of sp³-hybridized carbons (Fsp3) is 0.538. The molecule has 1 N–H and O–H groups in total. The van der Waals surface area contributed by atoms with Crippen molar-refractivity contribution in [2.45, 2.75) is 29.5 Å². The first kappa shape index (κ1) is 14.7. The van der Waals surface area contributed by atoms with Gasteiger partial charge in [0.15, 0.2) is 9.84 Å². The van der Waals surface area contributed by atoms with Gasteiger partial charge in [-0.2, -0.15) is 0 Å². The van der Waals surface area contributed by atoms with Crippen LogP contribution in [-0.2, 0) is 20.6 Å². The Morgan fingerprint density at radius 3 is 2.79 bits per heavy atom. The highest BCUT2D eigenvalue weighted by molar-refractivity contribution is 7.91. The number of hydrogen-bond acceptors (Lipinski definition) is 4. The number of nitrogens with one attached hydrogen (secondary N) is 1. The lowest BCUT2D eigenvalue weighted by Crippen LogP contribution is -2.34. The summed E-state index contributed by atoms with van der Waals surface area (Å²) < 4.78 is 35.3. The summed E-state index contributed by atoms with van der Waals surface area (Å²) in [6, 6.07) is 7.17. The normalized spacial score (nSPS) is 24.4. The van der Waals surface area contributed by atoms with Crippen LogP contribution in [0.3, 0.4) is 0 Å². The highest BCUT2D eigenvalue weighted by Crippen LogP contribution is 2.31. The highest BCUT2D eigenvalue weighted by Gasteiger charge is 2.29. The Morgan fingerprint density at radius 1 is 1.42 bits per heavy atom. The van der Waals surface area contributed by atoms with Crippen LogP contribution >= 0.6 is 0 Å². The van der Waals surface area contributed by atoms with E-state index in [-0.39, 0.29) is 17.0 Å². The first-order valence-corrected chi connectivity index (χ1v) is 9.56. The molecule has 0 saturated carbocycles. The minimum absolute atomic E-state index is 0.0331. The summed E-state index contributed by atoms with van der Waals surface area (Å²) in [4.78, 5) is 0.434. The molecule has 0 saturated heterocycles. The third-order valence-electron chi connectivity index (χ3n) is 3.52. The van der Waals surface area contributed by atoms with E-state index in [1.165, 1.54) is 0 Å². The van der Waals surface area contributed by atoms with Crippen molar-refractivity contribution in [3.8, 4) is 0 Å². The van der Waals surface area contributed by atoms with Crippen LogP contribution in [0.5, 0.6) is 0 Å². The molecule has 3 unspecified atom stereocenters. The summed E-state index contributed by atoms with van der Waals surface area (Å²) in [5.74, 6) is 0.172. The second kappa shape index (κ2) is 5.73. The molecule has 0 aliphatic carbocycles. The SMILES string of the molecule is CC(CNC1CCS(=O)(=O)c2ccccc21)S(C)=O. The van der Waals surface area contributed by atoms with Gasteiger partial charge in [-0.3, -0.25) is 4.21 Å². The number of sulfone groups is 1. The van der Waals surface area contributed by atoms with E-state index in [9.17, 15) is 12.6 Å². The summed E-state index contributed by atoms with van der Waals surface area (Å²) >= 11 is 0. The minimum atomic E-state index is -3.13. The van der Waals surface area contributed by atoms with Crippen molar-refractivity contribution >= 4 is 20.6 Å². The van der Waals surface area contributed by atoms with Gasteiger partial charge in [0, 0.05) is 34.9 Å². The van der Waals surface area contributed by atoms with Crippen molar-refractivity contribution in [2.75, 3.05) is 18.6 Å². The summed E-state index contributed by atoms with van der Waals surface area (Å²) in [6.07, 6.45) is 2.26. The van der Waals surface area contributed by atoms with E-state index in [1.807, 2.05) is 19.1 Å². The Labute approximate surface area is 117 Å². The van der Waals surface area contributed by atoms with Gasteiger partial charge in [0.05, 0.1) is 10.6 Å². The Hall–Kier alpha value is -0.720. The van der Waals surface area contributed by atoms with E-state index < -0.39 is 20.6 Å². The van der Waals surface area contributed by atoms with E-state index in [0.29, 0.717) is 17.9 Å². The monoisotopic (exact) mass is 301 g/mol. The molecule has 0 bridgehead atoms.